The van der Waals surface area contributed by atoms with Crippen LogP contribution in [0.3, 0.4) is 0 Å². The van der Waals surface area contributed by atoms with Gasteiger partial charge in [0.2, 0.25) is 10.0 Å². The molecular formula is C10H13NO2S. The van der Waals surface area contributed by atoms with Crippen LogP contribution in [-0.4, -0.2) is 8.42 Å². The van der Waals surface area contributed by atoms with Crippen molar-refractivity contribution in [2.75, 3.05) is 0 Å². The smallest absolute Gasteiger partial charge is 0.207 e. The van der Waals surface area contributed by atoms with Gasteiger partial charge in [-0.15, -0.1) is 0 Å². The lowest BCUT2D eigenvalue weighted by molar-refractivity contribution is 0.589. The van der Waals surface area contributed by atoms with Gasteiger partial charge in [0.1, 0.15) is 0 Å². The molecule has 0 aliphatic carbocycles. The zero-order valence-electron chi connectivity index (χ0n) is 8.24. The first kappa shape index (κ1) is 9.68. The van der Waals surface area contributed by atoms with E-state index in [1.54, 1.807) is 6.07 Å². The van der Waals surface area contributed by atoms with E-state index in [0.717, 1.165) is 11.1 Å². The Morgan fingerprint density at radius 2 is 2.07 bits per heavy atom. The van der Waals surface area contributed by atoms with E-state index in [1.165, 1.54) is 0 Å². The van der Waals surface area contributed by atoms with Crippen molar-refractivity contribution in [2.24, 2.45) is 0 Å². The van der Waals surface area contributed by atoms with E-state index in [1.807, 2.05) is 12.1 Å². The molecule has 0 aromatic heterocycles. The van der Waals surface area contributed by atoms with Crippen molar-refractivity contribution >= 4 is 10.0 Å². The average Bonchev–Trinajstić information content (AvgIpc) is 2.42. The fourth-order valence-corrected chi connectivity index (χ4v) is 2.85. The van der Waals surface area contributed by atoms with Gasteiger partial charge in [0, 0.05) is 6.54 Å². The molecule has 0 amide bonds. The summed E-state index contributed by atoms with van der Waals surface area (Å²) >= 11 is 0. The lowest BCUT2D eigenvalue weighted by Crippen LogP contribution is -2.13. The molecule has 1 aromatic carbocycles. The van der Waals surface area contributed by atoms with E-state index in [-0.39, 0.29) is 0 Å². The van der Waals surface area contributed by atoms with Crippen molar-refractivity contribution in [3.05, 3.63) is 29.3 Å². The molecular weight excluding hydrogens is 198 g/mol. The normalized spacial score (nSPS) is 18.5. The zero-order valence-corrected chi connectivity index (χ0v) is 9.06. The topological polar surface area (TPSA) is 46.2 Å². The second-order valence-corrected chi connectivity index (χ2v) is 5.58. The number of hydrogen-bond donors (Lipinski definition) is 1. The van der Waals surface area contributed by atoms with Crippen LogP contribution in [0.4, 0.5) is 0 Å². The highest BCUT2D eigenvalue weighted by Crippen LogP contribution is 2.26. The molecule has 0 bridgehead atoms. The second-order valence-electron chi connectivity index (χ2n) is 3.85. The predicted molar refractivity (Wildman–Crippen MR) is 54.6 cm³/mol. The Morgan fingerprint density at radius 1 is 1.36 bits per heavy atom. The molecule has 1 N–H and O–H groups in total. The Kier molecular flexibility index (Phi) is 2.12. The van der Waals surface area contributed by atoms with Crippen LogP contribution in [0, 0.1) is 0 Å². The molecule has 4 heteroatoms. The van der Waals surface area contributed by atoms with Gasteiger partial charge < -0.3 is 0 Å². The van der Waals surface area contributed by atoms with Gasteiger partial charge in [-0.25, -0.2) is 13.1 Å². The van der Waals surface area contributed by atoms with Crippen LogP contribution < -0.4 is 4.72 Å². The van der Waals surface area contributed by atoms with Crippen LogP contribution in [-0.2, 0) is 16.6 Å². The third-order valence-electron chi connectivity index (χ3n) is 2.50. The van der Waals surface area contributed by atoms with Crippen molar-refractivity contribution in [2.45, 2.75) is 31.2 Å². The molecule has 76 valence electrons. The highest BCUT2D eigenvalue weighted by molar-refractivity contribution is 7.89. The van der Waals surface area contributed by atoms with Crippen molar-refractivity contribution in [3.8, 4) is 0 Å². The molecule has 14 heavy (non-hydrogen) atoms. The van der Waals surface area contributed by atoms with E-state index in [0.29, 0.717) is 17.4 Å². The van der Waals surface area contributed by atoms with E-state index < -0.39 is 10.0 Å². The first-order valence-corrected chi connectivity index (χ1v) is 6.11. The molecule has 0 unspecified atom stereocenters. The van der Waals surface area contributed by atoms with Crippen molar-refractivity contribution < 1.29 is 8.42 Å². The summed E-state index contributed by atoms with van der Waals surface area (Å²) in [5.74, 6) is 0.357. The highest BCUT2D eigenvalue weighted by Gasteiger charge is 2.25. The van der Waals surface area contributed by atoms with E-state index >= 15 is 0 Å². The lowest BCUT2D eigenvalue weighted by Gasteiger charge is -2.06. The van der Waals surface area contributed by atoms with Crippen LogP contribution in [0.5, 0.6) is 0 Å². The van der Waals surface area contributed by atoms with Gasteiger partial charge in [-0.05, 0) is 23.1 Å². The largest absolute Gasteiger partial charge is 0.241 e. The van der Waals surface area contributed by atoms with Crippen molar-refractivity contribution in [1.29, 1.82) is 0 Å². The summed E-state index contributed by atoms with van der Waals surface area (Å²) in [7, 11) is -3.21. The molecule has 0 fully saturated rings. The van der Waals surface area contributed by atoms with Crippen LogP contribution >= 0.6 is 0 Å². The third kappa shape index (κ3) is 1.44. The highest BCUT2D eigenvalue weighted by atomic mass is 32.2. The second kappa shape index (κ2) is 3.07. The summed E-state index contributed by atoms with van der Waals surface area (Å²) in [5, 5.41) is 0. The molecule has 0 spiro atoms. The van der Waals surface area contributed by atoms with Crippen LogP contribution in [0.15, 0.2) is 23.1 Å². The standard InChI is InChI=1S/C10H13NO2S/c1-7(2)8-3-4-9-6-11-14(12,13)10(9)5-8/h3-5,7,11H,6H2,1-2H3. The Balaban J connectivity index is 2.60. The number of benzene rings is 1. The van der Waals surface area contributed by atoms with Crippen LogP contribution in [0.25, 0.3) is 0 Å². The number of rotatable bonds is 1. The van der Waals surface area contributed by atoms with Gasteiger partial charge in [-0.3, -0.25) is 0 Å². The minimum Gasteiger partial charge on any atom is -0.207 e. The minimum absolute atomic E-state index is 0.357. The summed E-state index contributed by atoms with van der Waals surface area (Å²) in [5.41, 5.74) is 1.94. The molecule has 0 saturated carbocycles. The van der Waals surface area contributed by atoms with Gasteiger partial charge in [0.05, 0.1) is 4.90 Å². The van der Waals surface area contributed by atoms with Crippen LogP contribution in [0.1, 0.15) is 30.9 Å². The molecule has 1 heterocycles. The van der Waals surface area contributed by atoms with Crippen molar-refractivity contribution in [1.82, 2.24) is 4.72 Å². The minimum atomic E-state index is -3.21. The first-order valence-electron chi connectivity index (χ1n) is 4.63. The van der Waals surface area contributed by atoms with E-state index in [9.17, 15) is 8.42 Å². The molecule has 0 atom stereocenters. The molecule has 1 aliphatic rings. The zero-order chi connectivity index (χ0) is 10.3. The Morgan fingerprint density at radius 3 is 2.71 bits per heavy atom. The number of sulfonamides is 1. The Bertz CT molecular complexity index is 463. The quantitative estimate of drug-likeness (QED) is 0.767. The summed E-state index contributed by atoms with van der Waals surface area (Å²) in [6.45, 7) is 4.53. The molecule has 3 nitrogen and oxygen atoms in total. The fourth-order valence-electron chi connectivity index (χ4n) is 1.58. The number of fused-ring (bicyclic) bond motifs is 1. The van der Waals surface area contributed by atoms with Gasteiger partial charge >= 0.3 is 0 Å². The third-order valence-corrected chi connectivity index (χ3v) is 3.98. The molecule has 1 aromatic rings. The van der Waals surface area contributed by atoms with Gasteiger partial charge in [-0.2, -0.15) is 0 Å². The molecule has 0 saturated heterocycles. The van der Waals surface area contributed by atoms with Gasteiger partial charge in [0.25, 0.3) is 0 Å². The lowest BCUT2D eigenvalue weighted by atomic mass is 10.0. The fraction of sp³-hybridized carbons (Fsp3) is 0.400. The summed E-state index contributed by atoms with van der Waals surface area (Å²) in [6, 6.07) is 5.66. The maximum Gasteiger partial charge on any atom is 0.241 e. The van der Waals surface area contributed by atoms with Crippen molar-refractivity contribution in [3.63, 3.8) is 0 Å². The molecule has 2 rings (SSSR count). The molecule has 0 radical (unpaired) electrons. The number of hydrogen-bond acceptors (Lipinski definition) is 2. The SMILES string of the molecule is CC(C)c1ccc2c(c1)S(=O)(=O)NC2. The van der Waals surface area contributed by atoms with Gasteiger partial charge in [0.15, 0.2) is 0 Å². The summed E-state index contributed by atoms with van der Waals surface area (Å²) in [6.07, 6.45) is 0. The maximum absolute atomic E-state index is 11.5. The number of nitrogens with one attached hydrogen (secondary N) is 1. The maximum atomic E-state index is 11.5. The summed E-state index contributed by atoms with van der Waals surface area (Å²) in [4.78, 5) is 0.448. The van der Waals surface area contributed by atoms with E-state index in [2.05, 4.69) is 18.6 Å². The molecule has 1 aliphatic heterocycles. The summed E-state index contributed by atoms with van der Waals surface area (Å²) < 4.78 is 25.5. The Labute approximate surface area is 84.2 Å². The average molecular weight is 211 g/mol. The van der Waals surface area contributed by atoms with Crippen LogP contribution in [0.2, 0.25) is 0 Å². The Hall–Kier alpha value is -0.870. The monoisotopic (exact) mass is 211 g/mol. The predicted octanol–water partition coefficient (Wildman–Crippen LogP) is 1.60. The van der Waals surface area contributed by atoms with E-state index in [4.69, 9.17) is 0 Å². The van der Waals surface area contributed by atoms with Gasteiger partial charge in [-0.1, -0.05) is 26.0 Å². The first-order chi connectivity index (χ1) is 6.50.